The van der Waals surface area contributed by atoms with Gasteiger partial charge in [0.05, 0.1) is 19.3 Å². The van der Waals surface area contributed by atoms with Crippen LogP contribution >= 0.6 is 0 Å². The highest BCUT2D eigenvalue weighted by Crippen LogP contribution is 2.01. The molecule has 0 unspecified atom stereocenters. The molecule has 0 bridgehead atoms. The first-order valence-electron chi connectivity index (χ1n) is 4.77. The molecule has 0 saturated heterocycles. The Bertz CT molecular complexity index is 136. The fourth-order valence-electron chi connectivity index (χ4n) is 1.10. The van der Waals surface area contributed by atoms with E-state index in [2.05, 4.69) is 0 Å². The zero-order chi connectivity index (χ0) is 11.0. The van der Waals surface area contributed by atoms with E-state index in [0.29, 0.717) is 19.6 Å². The van der Waals surface area contributed by atoms with Crippen molar-refractivity contribution in [3.05, 3.63) is 0 Å². The van der Waals surface area contributed by atoms with Gasteiger partial charge in [0, 0.05) is 20.2 Å². The van der Waals surface area contributed by atoms with Crippen molar-refractivity contribution in [2.24, 2.45) is 0 Å². The van der Waals surface area contributed by atoms with Gasteiger partial charge in [0.1, 0.15) is 0 Å². The standard InChI is InChI=1S/C9H19F2NO2/c1-3-8(13)6-12(4-5-14-2)7-9(10)11/h8-9,13H,3-7H2,1-2H3/t8-/m1/s1. The molecule has 86 valence electrons. The molecule has 0 aliphatic rings. The van der Waals surface area contributed by atoms with Crippen LogP contribution in [0, 0.1) is 0 Å². The van der Waals surface area contributed by atoms with Crippen LogP contribution in [0.5, 0.6) is 0 Å². The van der Waals surface area contributed by atoms with Gasteiger partial charge in [0.25, 0.3) is 6.43 Å². The van der Waals surface area contributed by atoms with E-state index >= 15 is 0 Å². The maximum atomic E-state index is 12.1. The molecule has 0 amide bonds. The molecule has 0 aromatic heterocycles. The average molecular weight is 211 g/mol. The number of methoxy groups -OCH3 is 1. The van der Waals surface area contributed by atoms with E-state index in [0.717, 1.165) is 0 Å². The van der Waals surface area contributed by atoms with Gasteiger partial charge in [-0.05, 0) is 6.42 Å². The normalized spacial score (nSPS) is 13.9. The molecule has 0 fully saturated rings. The molecule has 1 N–H and O–H groups in total. The van der Waals surface area contributed by atoms with Gasteiger partial charge in [-0.3, -0.25) is 4.90 Å². The van der Waals surface area contributed by atoms with Gasteiger partial charge >= 0.3 is 0 Å². The third kappa shape index (κ3) is 7.17. The molecule has 0 aromatic rings. The second-order valence-corrected chi connectivity index (χ2v) is 3.21. The van der Waals surface area contributed by atoms with Crippen LogP contribution in [0.15, 0.2) is 0 Å². The monoisotopic (exact) mass is 211 g/mol. The van der Waals surface area contributed by atoms with E-state index in [9.17, 15) is 13.9 Å². The first kappa shape index (κ1) is 13.7. The summed E-state index contributed by atoms with van der Waals surface area (Å²) in [7, 11) is 1.52. The summed E-state index contributed by atoms with van der Waals surface area (Å²) in [4.78, 5) is 1.52. The quantitative estimate of drug-likeness (QED) is 0.649. The van der Waals surface area contributed by atoms with Crippen molar-refractivity contribution in [3.8, 4) is 0 Å². The van der Waals surface area contributed by atoms with E-state index in [1.165, 1.54) is 12.0 Å². The highest BCUT2D eigenvalue weighted by Gasteiger charge is 2.14. The van der Waals surface area contributed by atoms with Gasteiger partial charge in [-0.25, -0.2) is 8.78 Å². The molecule has 0 rings (SSSR count). The number of alkyl halides is 2. The Morgan fingerprint density at radius 1 is 1.36 bits per heavy atom. The Morgan fingerprint density at radius 2 is 2.00 bits per heavy atom. The third-order valence-electron chi connectivity index (χ3n) is 1.95. The van der Waals surface area contributed by atoms with Crippen LogP contribution in [-0.4, -0.2) is 55.9 Å². The van der Waals surface area contributed by atoms with Crippen molar-refractivity contribution in [3.63, 3.8) is 0 Å². The van der Waals surface area contributed by atoms with E-state index in [4.69, 9.17) is 4.74 Å². The molecule has 1 atom stereocenters. The number of hydrogen-bond acceptors (Lipinski definition) is 3. The summed E-state index contributed by atoms with van der Waals surface area (Å²) in [5.41, 5.74) is 0. The lowest BCUT2D eigenvalue weighted by atomic mass is 10.2. The number of hydrogen-bond donors (Lipinski definition) is 1. The smallest absolute Gasteiger partial charge is 0.251 e. The molecule has 14 heavy (non-hydrogen) atoms. The van der Waals surface area contributed by atoms with Crippen molar-refractivity contribution in [1.29, 1.82) is 0 Å². The summed E-state index contributed by atoms with van der Waals surface area (Å²) in [5.74, 6) is 0. The van der Waals surface area contributed by atoms with Crippen molar-refractivity contribution in [1.82, 2.24) is 4.90 Å². The summed E-state index contributed by atoms with van der Waals surface area (Å²) in [6.45, 7) is 2.63. The van der Waals surface area contributed by atoms with Gasteiger partial charge in [-0.15, -0.1) is 0 Å². The molecule has 0 heterocycles. The Morgan fingerprint density at radius 3 is 2.43 bits per heavy atom. The summed E-state index contributed by atoms with van der Waals surface area (Å²) >= 11 is 0. The van der Waals surface area contributed by atoms with Crippen molar-refractivity contribution in [2.75, 3.05) is 33.4 Å². The average Bonchev–Trinajstić information content (AvgIpc) is 2.13. The highest BCUT2D eigenvalue weighted by atomic mass is 19.3. The van der Waals surface area contributed by atoms with Gasteiger partial charge in [0.2, 0.25) is 0 Å². The van der Waals surface area contributed by atoms with Crippen LogP contribution in [0.25, 0.3) is 0 Å². The Balaban J connectivity index is 3.83. The SMILES string of the molecule is CC[C@@H](O)CN(CCOC)CC(F)F. The third-order valence-corrected chi connectivity index (χ3v) is 1.95. The summed E-state index contributed by atoms with van der Waals surface area (Å²) in [6.07, 6.45) is -2.33. The summed E-state index contributed by atoms with van der Waals surface area (Å²) < 4.78 is 29.0. The van der Waals surface area contributed by atoms with Crippen LogP contribution in [0.2, 0.25) is 0 Å². The minimum absolute atomic E-state index is 0.282. The number of nitrogens with zero attached hydrogens (tertiary/aromatic N) is 1. The zero-order valence-corrected chi connectivity index (χ0v) is 8.75. The fraction of sp³-hybridized carbons (Fsp3) is 1.00. The predicted octanol–water partition coefficient (Wildman–Crippen LogP) is 0.971. The lowest BCUT2D eigenvalue weighted by Gasteiger charge is -2.23. The van der Waals surface area contributed by atoms with Crippen LogP contribution in [-0.2, 0) is 4.74 Å². The number of halogens is 2. The first-order chi connectivity index (χ1) is 6.60. The van der Waals surface area contributed by atoms with Crippen LogP contribution < -0.4 is 0 Å². The molecular weight excluding hydrogens is 192 g/mol. The second kappa shape index (κ2) is 8.08. The molecule has 0 aromatic carbocycles. The number of rotatable bonds is 8. The molecule has 0 spiro atoms. The van der Waals surface area contributed by atoms with Crippen LogP contribution in [0.3, 0.4) is 0 Å². The lowest BCUT2D eigenvalue weighted by Crippen LogP contribution is -2.37. The number of aliphatic hydroxyl groups is 1. The maximum absolute atomic E-state index is 12.1. The lowest BCUT2D eigenvalue weighted by molar-refractivity contribution is 0.0400. The molecule has 0 radical (unpaired) electrons. The molecule has 0 saturated carbocycles. The Labute approximate surface area is 83.7 Å². The fourth-order valence-corrected chi connectivity index (χ4v) is 1.10. The minimum Gasteiger partial charge on any atom is -0.392 e. The zero-order valence-electron chi connectivity index (χ0n) is 8.75. The van der Waals surface area contributed by atoms with Gasteiger partial charge in [-0.2, -0.15) is 0 Å². The molecule has 5 heteroatoms. The topological polar surface area (TPSA) is 32.7 Å². The number of ether oxygens (including phenoxy) is 1. The molecule has 0 aliphatic carbocycles. The van der Waals surface area contributed by atoms with E-state index in [1.807, 2.05) is 6.92 Å². The largest absolute Gasteiger partial charge is 0.392 e. The van der Waals surface area contributed by atoms with E-state index in [-0.39, 0.29) is 13.1 Å². The number of aliphatic hydroxyl groups excluding tert-OH is 1. The maximum Gasteiger partial charge on any atom is 0.251 e. The van der Waals surface area contributed by atoms with Gasteiger partial charge in [-0.1, -0.05) is 6.92 Å². The van der Waals surface area contributed by atoms with E-state index < -0.39 is 12.5 Å². The van der Waals surface area contributed by atoms with Crippen LogP contribution in [0.4, 0.5) is 8.78 Å². The van der Waals surface area contributed by atoms with Crippen molar-refractivity contribution >= 4 is 0 Å². The van der Waals surface area contributed by atoms with Crippen molar-refractivity contribution in [2.45, 2.75) is 25.9 Å². The highest BCUT2D eigenvalue weighted by molar-refractivity contribution is 4.64. The Kier molecular flexibility index (Phi) is 7.93. The summed E-state index contributed by atoms with van der Waals surface area (Å²) in [6, 6.07) is 0. The second-order valence-electron chi connectivity index (χ2n) is 3.21. The minimum atomic E-state index is -2.36. The van der Waals surface area contributed by atoms with Gasteiger partial charge < -0.3 is 9.84 Å². The van der Waals surface area contributed by atoms with Crippen molar-refractivity contribution < 1.29 is 18.6 Å². The first-order valence-corrected chi connectivity index (χ1v) is 4.77. The Hall–Kier alpha value is -0.260. The predicted molar refractivity (Wildman–Crippen MR) is 50.6 cm³/mol. The summed E-state index contributed by atoms with van der Waals surface area (Å²) in [5, 5.41) is 9.31. The van der Waals surface area contributed by atoms with Gasteiger partial charge in [0.15, 0.2) is 0 Å². The van der Waals surface area contributed by atoms with E-state index in [1.54, 1.807) is 0 Å². The van der Waals surface area contributed by atoms with Crippen LogP contribution in [0.1, 0.15) is 13.3 Å². The molecule has 3 nitrogen and oxygen atoms in total. The molecule has 0 aliphatic heterocycles. The molecular formula is C9H19F2NO2.